The van der Waals surface area contributed by atoms with E-state index >= 15 is 0 Å². The Labute approximate surface area is 152 Å². The summed E-state index contributed by atoms with van der Waals surface area (Å²) in [6.45, 7) is 3.68. The van der Waals surface area contributed by atoms with Crippen molar-refractivity contribution in [1.82, 2.24) is 15.2 Å². The van der Waals surface area contributed by atoms with Crippen LogP contribution in [0.15, 0.2) is 48.5 Å². The molecule has 5 heteroatoms. The van der Waals surface area contributed by atoms with Crippen LogP contribution in [-0.4, -0.2) is 29.5 Å². The second kappa shape index (κ2) is 6.48. The van der Waals surface area contributed by atoms with E-state index in [0.717, 1.165) is 0 Å². The summed E-state index contributed by atoms with van der Waals surface area (Å²) in [6, 6.07) is 16.7. The molecule has 4 rings (SSSR count). The van der Waals surface area contributed by atoms with Crippen molar-refractivity contribution in [1.29, 1.82) is 0 Å². The van der Waals surface area contributed by atoms with Crippen LogP contribution in [0.2, 0.25) is 0 Å². The summed E-state index contributed by atoms with van der Waals surface area (Å²) in [4.78, 5) is 24.3. The molecule has 0 saturated carbocycles. The predicted octanol–water partition coefficient (Wildman–Crippen LogP) is 2.83. The normalized spacial score (nSPS) is 20.3. The number of nitrogens with zero attached hydrogens (tertiary/aromatic N) is 1. The molecule has 5 nitrogen and oxygen atoms in total. The molecule has 2 aromatic carbocycles. The fraction of sp³-hybridized carbons (Fsp3) is 0.333. The van der Waals surface area contributed by atoms with E-state index in [1.165, 1.54) is 21.8 Å². The van der Waals surface area contributed by atoms with Gasteiger partial charge in [-0.15, -0.1) is 0 Å². The lowest BCUT2D eigenvalue weighted by molar-refractivity contribution is -0.138. The van der Waals surface area contributed by atoms with Crippen molar-refractivity contribution >= 4 is 33.6 Å². The van der Waals surface area contributed by atoms with E-state index in [4.69, 9.17) is 0 Å². The lowest BCUT2D eigenvalue weighted by Gasteiger charge is -2.31. The molecule has 3 aromatic rings. The Morgan fingerprint density at radius 2 is 1.73 bits per heavy atom. The average Bonchev–Trinajstić information content (AvgIpc) is 2.96. The summed E-state index contributed by atoms with van der Waals surface area (Å²) < 4.78 is 2.25. The van der Waals surface area contributed by atoms with Crippen molar-refractivity contribution in [2.24, 2.45) is 5.41 Å². The lowest BCUT2D eigenvalue weighted by atomic mass is 9.80. The quantitative estimate of drug-likeness (QED) is 0.761. The Hall–Kier alpha value is -2.82. The van der Waals surface area contributed by atoms with Gasteiger partial charge < -0.3 is 15.2 Å². The summed E-state index contributed by atoms with van der Waals surface area (Å²) in [6.07, 6.45) is 0.939. The number of amides is 2. The molecule has 1 fully saturated rings. The molecule has 1 saturated heterocycles. The van der Waals surface area contributed by atoms with E-state index in [9.17, 15) is 9.59 Å². The SMILES string of the molecule is CC1(C(=O)NCCn2c3ccccc3c3ccccc32)CCNC(=O)C1. The van der Waals surface area contributed by atoms with Crippen molar-refractivity contribution in [3.05, 3.63) is 48.5 Å². The van der Waals surface area contributed by atoms with Crippen molar-refractivity contribution in [2.45, 2.75) is 26.3 Å². The van der Waals surface area contributed by atoms with Crippen molar-refractivity contribution < 1.29 is 9.59 Å². The third-order valence-corrected chi connectivity index (χ3v) is 5.40. The number of hydrogen-bond donors (Lipinski definition) is 2. The van der Waals surface area contributed by atoms with Crippen LogP contribution in [0.4, 0.5) is 0 Å². The highest BCUT2D eigenvalue weighted by Gasteiger charge is 2.37. The Morgan fingerprint density at radius 3 is 2.35 bits per heavy atom. The summed E-state index contributed by atoms with van der Waals surface area (Å²) >= 11 is 0. The van der Waals surface area contributed by atoms with Gasteiger partial charge >= 0.3 is 0 Å². The number of benzene rings is 2. The van der Waals surface area contributed by atoms with Gasteiger partial charge in [0, 0.05) is 47.9 Å². The second-order valence-electron chi connectivity index (χ2n) is 7.28. The summed E-state index contributed by atoms with van der Waals surface area (Å²) in [5, 5.41) is 8.28. The first-order valence-corrected chi connectivity index (χ1v) is 9.09. The molecule has 1 aliphatic heterocycles. The number of fused-ring (bicyclic) bond motifs is 3. The molecule has 0 bridgehead atoms. The van der Waals surface area contributed by atoms with Gasteiger partial charge in [0.15, 0.2) is 0 Å². The fourth-order valence-corrected chi connectivity index (χ4v) is 3.92. The van der Waals surface area contributed by atoms with Crippen LogP contribution in [0.5, 0.6) is 0 Å². The van der Waals surface area contributed by atoms with E-state index in [0.29, 0.717) is 26.1 Å². The van der Waals surface area contributed by atoms with Crippen LogP contribution in [0.1, 0.15) is 19.8 Å². The minimum absolute atomic E-state index is 0.0342. The van der Waals surface area contributed by atoms with E-state index in [1.807, 2.05) is 19.1 Å². The van der Waals surface area contributed by atoms with Gasteiger partial charge in [0.25, 0.3) is 0 Å². The second-order valence-corrected chi connectivity index (χ2v) is 7.28. The molecule has 26 heavy (non-hydrogen) atoms. The van der Waals surface area contributed by atoms with Crippen molar-refractivity contribution in [3.8, 4) is 0 Å². The molecular formula is C21H23N3O2. The maximum absolute atomic E-state index is 12.6. The van der Waals surface area contributed by atoms with Gasteiger partial charge in [-0.2, -0.15) is 0 Å². The van der Waals surface area contributed by atoms with Gasteiger partial charge in [-0.3, -0.25) is 9.59 Å². The highest BCUT2D eigenvalue weighted by Crippen LogP contribution is 2.30. The van der Waals surface area contributed by atoms with E-state index in [-0.39, 0.29) is 18.2 Å². The first-order valence-electron chi connectivity index (χ1n) is 9.09. The smallest absolute Gasteiger partial charge is 0.226 e. The number of carbonyl (C=O) groups is 2. The van der Waals surface area contributed by atoms with Gasteiger partial charge in [-0.05, 0) is 18.6 Å². The van der Waals surface area contributed by atoms with Gasteiger partial charge in [0.1, 0.15) is 0 Å². The van der Waals surface area contributed by atoms with Gasteiger partial charge in [-0.25, -0.2) is 0 Å². The summed E-state index contributed by atoms with van der Waals surface area (Å²) in [5.74, 6) is -0.0792. The molecule has 1 aromatic heterocycles. The van der Waals surface area contributed by atoms with Crippen LogP contribution < -0.4 is 10.6 Å². The number of hydrogen-bond acceptors (Lipinski definition) is 2. The third kappa shape index (κ3) is 2.83. The van der Waals surface area contributed by atoms with E-state index in [1.54, 1.807) is 0 Å². The molecule has 1 unspecified atom stereocenters. The fourth-order valence-electron chi connectivity index (χ4n) is 3.92. The topological polar surface area (TPSA) is 63.1 Å². The Morgan fingerprint density at radius 1 is 1.12 bits per heavy atom. The molecule has 2 amide bonds. The Bertz CT molecular complexity index is 938. The molecule has 0 radical (unpaired) electrons. The Kier molecular flexibility index (Phi) is 4.15. The molecule has 1 atom stereocenters. The zero-order valence-electron chi connectivity index (χ0n) is 14.9. The van der Waals surface area contributed by atoms with Crippen molar-refractivity contribution in [2.75, 3.05) is 13.1 Å². The maximum Gasteiger partial charge on any atom is 0.226 e. The van der Waals surface area contributed by atoms with Gasteiger partial charge in [0.2, 0.25) is 11.8 Å². The molecule has 1 aliphatic rings. The minimum Gasteiger partial charge on any atom is -0.356 e. The summed E-state index contributed by atoms with van der Waals surface area (Å²) in [5.41, 5.74) is 1.74. The molecule has 2 N–H and O–H groups in total. The van der Waals surface area contributed by atoms with Gasteiger partial charge in [0.05, 0.1) is 5.41 Å². The van der Waals surface area contributed by atoms with Crippen LogP contribution in [0.25, 0.3) is 21.8 Å². The first kappa shape index (κ1) is 16.6. The van der Waals surface area contributed by atoms with Crippen LogP contribution in [0, 0.1) is 5.41 Å². The predicted molar refractivity (Wildman–Crippen MR) is 103 cm³/mol. The monoisotopic (exact) mass is 349 g/mol. The van der Waals surface area contributed by atoms with Crippen LogP contribution >= 0.6 is 0 Å². The number of nitrogens with one attached hydrogen (secondary N) is 2. The highest BCUT2D eigenvalue weighted by molar-refractivity contribution is 6.07. The van der Waals surface area contributed by atoms with Gasteiger partial charge in [-0.1, -0.05) is 43.3 Å². The number of piperidine rings is 1. The lowest BCUT2D eigenvalue weighted by Crippen LogP contribution is -2.48. The number of para-hydroxylation sites is 2. The number of rotatable bonds is 4. The van der Waals surface area contributed by atoms with Crippen LogP contribution in [-0.2, 0) is 16.1 Å². The maximum atomic E-state index is 12.6. The number of carbonyl (C=O) groups excluding carboxylic acids is 2. The average molecular weight is 349 g/mol. The molecule has 2 heterocycles. The zero-order valence-corrected chi connectivity index (χ0v) is 14.9. The third-order valence-electron chi connectivity index (χ3n) is 5.40. The van der Waals surface area contributed by atoms with E-state index in [2.05, 4.69) is 51.6 Å². The minimum atomic E-state index is -0.608. The zero-order chi connectivity index (χ0) is 18.1. The molecule has 0 spiro atoms. The summed E-state index contributed by atoms with van der Waals surface area (Å²) in [7, 11) is 0. The Balaban J connectivity index is 1.53. The largest absolute Gasteiger partial charge is 0.356 e. The molecular weight excluding hydrogens is 326 g/mol. The van der Waals surface area contributed by atoms with Crippen molar-refractivity contribution in [3.63, 3.8) is 0 Å². The molecule has 0 aliphatic carbocycles. The highest BCUT2D eigenvalue weighted by atomic mass is 16.2. The first-order chi connectivity index (χ1) is 12.6. The molecule has 134 valence electrons. The number of aromatic nitrogens is 1. The van der Waals surface area contributed by atoms with Crippen LogP contribution in [0.3, 0.4) is 0 Å². The van der Waals surface area contributed by atoms with E-state index < -0.39 is 5.41 Å². The standard InChI is InChI=1S/C21H23N3O2/c1-21(10-11-22-19(25)14-21)20(26)23-12-13-24-17-8-4-2-6-15(17)16-7-3-5-9-18(16)24/h2-9H,10-14H2,1H3,(H,22,25)(H,23,26).